The number of nitrogens with zero attached hydrogens (tertiary/aromatic N) is 2. The zero-order chi connectivity index (χ0) is 19.6. The number of nitrogens with one attached hydrogen (secondary N) is 1. The number of carbonyl (C=O) groups excluding carboxylic acids is 2. The van der Waals surface area contributed by atoms with Crippen LogP contribution in [-0.2, 0) is 9.59 Å². The standard InChI is InChI=1S/C18H13N3O4S2/c1-11(22)19-13-6-8-14(9-7-13)20-17(23)16(27-18(20)26)10-12-4-2-3-5-15(12)21(24)25/h2-10H,1H3,(H,19,22). The van der Waals surface area contributed by atoms with Crippen molar-refractivity contribution in [2.45, 2.75) is 6.92 Å². The van der Waals surface area contributed by atoms with Crippen molar-refractivity contribution in [1.82, 2.24) is 0 Å². The van der Waals surface area contributed by atoms with Gasteiger partial charge in [0.2, 0.25) is 5.91 Å². The summed E-state index contributed by atoms with van der Waals surface area (Å²) >= 11 is 6.39. The zero-order valence-corrected chi connectivity index (χ0v) is 15.7. The van der Waals surface area contributed by atoms with Gasteiger partial charge in [0.05, 0.1) is 21.1 Å². The summed E-state index contributed by atoms with van der Waals surface area (Å²) in [7, 11) is 0. The summed E-state index contributed by atoms with van der Waals surface area (Å²) in [6.45, 7) is 1.41. The molecule has 2 aromatic rings. The Morgan fingerprint density at radius 1 is 1.22 bits per heavy atom. The van der Waals surface area contributed by atoms with Crippen molar-refractivity contribution < 1.29 is 14.5 Å². The van der Waals surface area contributed by atoms with Crippen LogP contribution >= 0.6 is 24.0 Å². The van der Waals surface area contributed by atoms with E-state index in [4.69, 9.17) is 12.2 Å². The van der Waals surface area contributed by atoms with E-state index >= 15 is 0 Å². The minimum absolute atomic E-state index is 0.0811. The van der Waals surface area contributed by atoms with E-state index in [1.54, 1.807) is 42.5 Å². The van der Waals surface area contributed by atoms with Crippen molar-refractivity contribution >= 4 is 63.3 Å². The Hall–Kier alpha value is -3.04. The number of carbonyl (C=O) groups is 2. The van der Waals surface area contributed by atoms with E-state index in [9.17, 15) is 19.7 Å². The first-order chi connectivity index (χ1) is 12.9. The van der Waals surface area contributed by atoms with Gasteiger partial charge in [0.25, 0.3) is 11.6 Å². The van der Waals surface area contributed by atoms with Crippen LogP contribution in [0.2, 0.25) is 0 Å². The van der Waals surface area contributed by atoms with Gasteiger partial charge in [-0.25, -0.2) is 0 Å². The van der Waals surface area contributed by atoms with Crippen LogP contribution in [0.3, 0.4) is 0 Å². The lowest BCUT2D eigenvalue weighted by molar-refractivity contribution is -0.385. The van der Waals surface area contributed by atoms with Crippen LogP contribution in [0.25, 0.3) is 6.08 Å². The van der Waals surface area contributed by atoms with Gasteiger partial charge in [-0.3, -0.25) is 24.6 Å². The van der Waals surface area contributed by atoms with Crippen molar-refractivity contribution in [3.05, 3.63) is 69.1 Å². The molecular formula is C18H13N3O4S2. The highest BCUT2D eigenvalue weighted by molar-refractivity contribution is 8.27. The topological polar surface area (TPSA) is 92.6 Å². The summed E-state index contributed by atoms with van der Waals surface area (Å²) < 4.78 is 0.331. The Morgan fingerprint density at radius 3 is 2.52 bits per heavy atom. The maximum Gasteiger partial charge on any atom is 0.276 e. The number of thioether (sulfide) groups is 1. The van der Waals surface area contributed by atoms with Crippen molar-refractivity contribution in [3.8, 4) is 0 Å². The first kappa shape index (κ1) is 18.7. The molecule has 0 aromatic heterocycles. The number of nitro groups is 1. The molecule has 1 fully saturated rings. The number of anilines is 2. The van der Waals surface area contributed by atoms with Gasteiger partial charge in [-0.15, -0.1) is 0 Å². The molecule has 1 saturated heterocycles. The molecule has 0 spiro atoms. The third-order valence-electron chi connectivity index (χ3n) is 3.66. The number of benzene rings is 2. The predicted octanol–water partition coefficient (Wildman–Crippen LogP) is 3.96. The van der Waals surface area contributed by atoms with Crippen LogP contribution in [0, 0.1) is 10.1 Å². The molecule has 3 rings (SSSR count). The number of para-hydroxylation sites is 1. The van der Waals surface area contributed by atoms with Gasteiger partial charge >= 0.3 is 0 Å². The average Bonchev–Trinajstić information content (AvgIpc) is 2.89. The highest BCUT2D eigenvalue weighted by Gasteiger charge is 2.33. The van der Waals surface area contributed by atoms with E-state index in [0.717, 1.165) is 11.8 Å². The Morgan fingerprint density at radius 2 is 1.89 bits per heavy atom. The normalized spacial score (nSPS) is 15.3. The molecule has 0 saturated carbocycles. The SMILES string of the molecule is CC(=O)Nc1ccc(N2C(=O)C(=Cc3ccccc3[N+](=O)[O-])SC2=S)cc1. The Kier molecular flexibility index (Phi) is 5.33. The molecule has 0 atom stereocenters. The van der Waals surface area contributed by atoms with Crippen LogP contribution in [0.4, 0.5) is 17.1 Å². The molecule has 2 aromatic carbocycles. The molecule has 9 heteroatoms. The number of amides is 2. The largest absolute Gasteiger partial charge is 0.326 e. The van der Waals surface area contributed by atoms with Crippen LogP contribution in [-0.4, -0.2) is 21.1 Å². The van der Waals surface area contributed by atoms with Gasteiger partial charge in [0, 0.05) is 18.7 Å². The lowest BCUT2D eigenvalue weighted by Gasteiger charge is -2.15. The lowest BCUT2D eigenvalue weighted by atomic mass is 10.1. The second-order valence-electron chi connectivity index (χ2n) is 5.56. The molecule has 0 bridgehead atoms. The summed E-state index contributed by atoms with van der Waals surface area (Å²) in [5, 5.41) is 13.8. The average molecular weight is 399 g/mol. The van der Waals surface area contributed by atoms with E-state index in [1.807, 2.05) is 0 Å². The highest BCUT2D eigenvalue weighted by atomic mass is 32.2. The molecule has 2 amide bonds. The van der Waals surface area contributed by atoms with E-state index in [0.29, 0.717) is 26.2 Å². The second kappa shape index (κ2) is 7.68. The van der Waals surface area contributed by atoms with Gasteiger partial charge in [-0.05, 0) is 36.4 Å². The molecular weight excluding hydrogens is 386 g/mol. The highest BCUT2D eigenvalue weighted by Crippen LogP contribution is 2.37. The molecule has 1 heterocycles. The molecule has 0 unspecified atom stereocenters. The number of hydrogen-bond donors (Lipinski definition) is 1. The monoisotopic (exact) mass is 399 g/mol. The smallest absolute Gasteiger partial charge is 0.276 e. The zero-order valence-electron chi connectivity index (χ0n) is 14.0. The Labute approximate surface area is 164 Å². The van der Waals surface area contributed by atoms with Crippen molar-refractivity contribution in [2.75, 3.05) is 10.2 Å². The van der Waals surface area contributed by atoms with Crippen molar-refractivity contribution in [3.63, 3.8) is 0 Å². The van der Waals surface area contributed by atoms with Gasteiger partial charge < -0.3 is 5.32 Å². The van der Waals surface area contributed by atoms with Crippen molar-refractivity contribution in [1.29, 1.82) is 0 Å². The molecule has 7 nitrogen and oxygen atoms in total. The quantitative estimate of drug-likeness (QED) is 0.362. The van der Waals surface area contributed by atoms with Gasteiger partial charge in [-0.1, -0.05) is 36.1 Å². The fraction of sp³-hybridized carbons (Fsp3) is 0.0556. The Bertz CT molecular complexity index is 986. The molecule has 0 radical (unpaired) electrons. The number of hydrogen-bond acceptors (Lipinski definition) is 6. The fourth-order valence-electron chi connectivity index (χ4n) is 2.50. The first-order valence-corrected chi connectivity index (χ1v) is 8.98. The molecule has 1 aliphatic rings. The van der Waals surface area contributed by atoms with Crippen molar-refractivity contribution in [2.24, 2.45) is 0 Å². The van der Waals surface area contributed by atoms with Gasteiger partial charge in [0.15, 0.2) is 4.32 Å². The maximum atomic E-state index is 12.8. The number of thiocarbonyl (C=S) groups is 1. The minimum atomic E-state index is -0.493. The van der Waals surface area contributed by atoms with Gasteiger partial charge in [0.1, 0.15) is 0 Å². The molecule has 0 aliphatic carbocycles. The maximum absolute atomic E-state index is 12.8. The summed E-state index contributed by atoms with van der Waals surface area (Å²) in [6, 6.07) is 12.9. The lowest BCUT2D eigenvalue weighted by Crippen LogP contribution is -2.27. The summed E-state index contributed by atoms with van der Waals surface area (Å²) in [5.41, 5.74) is 1.41. The summed E-state index contributed by atoms with van der Waals surface area (Å²) in [5.74, 6) is -0.545. The molecule has 1 N–H and O–H groups in total. The first-order valence-electron chi connectivity index (χ1n) is 7.76. The minimum Gasteiger partial charge on any atom is -0.326 e. The van der Waals surface area contributed by atoms with Crippen LogP contribution in [0.1, 0.15) is 12.5 Å². The fourth-order valence-corrected chi connectivity index (χ4v) is 3.79. The molecule has 27 heavy (non-hydrogen) atoms. The molecule has 1 aliphatic heterocycles. The Balaban J connectivity index is 1.89. The number of rotatable bonds is 4. The second-order valence-corrected chi connectivity index (χ2v) is 7.24. The third-order valence-corrected chi connectivity index (χ3v) is 4.96. The van der Waals surface area contributed by atoms with Crippen LogP contribution < -0.4 is 10.2 Å². The van der Waals surface area contributed by atoms with Crippen LogP contribution in [0.15, 0.2) is 53.4 Å². The summed E-state index contributed by atoms with van der Waals surface area (Å²) in [4.78, 5) is 36.2. The molecule has 136 valence electrons. The van der Waals surface area contributed by atoms with E-state index < -0.39 is 4.92 Å². The van der Waals surface area contributed by atoms with E-state index in [1.165, 1.54) is 24.0 Å². The number of nitro benzene ring substituents is 1. The summed E-state index contributed by atoms with van der Waals surface area (Å²) in [6.07, 6.45) is 1.48. The van der Waals surface area contributed by atoms with Gasteiger partial charge in [-0.2, -0.15) is 0 Å². The third kappa shape index (κ3) is 4.04. The predicted molar refractivity (Wildman–Crippen MR) is 109 cm³/mol. The van der Waals surface area contributed by atoms with E-state index in [-0.39, 0.29) is 17.5 Å². The van der Waals surface area contributed by atoms with Crippen LogP contribution in [0.5, 0.6) is 0 Å². The van der Waals surface area contributed by atoms with E-state index in [2.05, 4.69) is 5.32 Å².